The van der Waals surface area contributed by atoms with E-state index in [4.69, 9.17) is 9.26 Å². The molecule has 0 fully saturated rings. The molecule has 0 unspecified atom stereocenters. The Labute approximate surface area is 165 Å². The zero-order valence-electron chi connectivity index (χ0n) is 15.8. The van der Waals surface area contributed by atoms with Gasteiger partial charge in [-0.3, -0.25) is 4.79 Å². The van der Waals surface area contributed by atoms with Crippen molar-refractivity contribution in [2.24, 2.45) is 0 Å². The van der Waals surface area contributed by atoms with Gasteiger partial charge in [-0.15, -0.1) is 0 Å². The summed E-state index contributed by atoms with van der Waals surface area (Å²) in [4.78, 5) is 16.6. The molecule has 0 amide bonds. The first-order valence-corrected chi connectivity index (χ1v) is 8.85. The average molecular weight is 392 g/mol. The Balaban J connectivity index is 1.63. The Morgan fingerprint density at radius 2 is 1.90 bits per heavy atom. The SMILES string of the molecule is COc1ccc(Cn2nc(-c3nc(-c4ccc(C)cc4)no3)ccc2=O)cc1F. The van der Waals surface area contributed by atoms with Crippen LogP contribution in [0, 0.1) is 12.7 Å². The van der Waals surface area contributed by atoms with Gasteiger partial charge in [-0.05, 0) is 30.7 Å². The third-order valence-electron chi connectivity index (χ3n) is 4.37. The summed E-state index contributed by atoms with van der Waals surface area (Å²) in [6.07, 6.45) is 0. The highest BCUT2D eigenvalue weighted by Crippen LogP contribution is 2.21. The summed E-state index contributed by atoms with van der Waals surface area (Å²) in [6, 6.07) is 15.1. The molecule has 2 aromatic carbocycles. The standard InChI is InChI=1S/C21H17FN4O3/c1-13-3-6-15(7-4-13)20-23-21(29-25-20)17-8-10-19(27)26(24-17)12-14-5-9-18(28-2)16(22)11-14/h3-11H,12H2,1-2H3. The average Bonchev–Trinajstić information content (AvgIpc) is 3.20. The molecule has 29 heavy (non-hydrogen) atoms. The minimum Gasteiger partial charge on any atom is -0.494 e. The number of hydrogen-bond acceptors (Lipinski definition) is 6. The highest BCUT2D eigenvalue weighted by atomic mass is 19.1. The Morgan fingerprint density at radius 1 is 1.10 bits per heavy atom. The Hall–Kier alpha value is -3.81. The van der Waals surface area contributed by atoms with Gasteiger partial charge in [0.25, 0.3) is 11.4 Å². The van der Waals surface area contributed by atoms with Crippen LogP contribution in [0.4, 0.5) is 4.39 Å². The monoisotopic (exact) mass is 392 g/mol. The summed E-state index contributed by atoms with van der Waals surface area (Å²) in [7, 11) is 1.39. The largest absolute Gasteiger partial charge is 0.494 e. The molecule has 4 rings (SSSR count). The van der Waals surface area contributed by atoms with Crippen LogP contribution in [0.2, 0.25) is 0 Å². The summed E-state index contributed by atoms with van der Waals surface area (Å²) >= 11 is 0. The minimum absolute atomic E-state index is 0.0898. The molecule has 2 aromatic heterocycles. The van der Waals surface area contributed by atoms with Crippen molar-refractivity contribution in [1.82, 2.24) is 19.9 Å². The summed E-state index contributed by atoms with van der Waals surface area (Å²) in [5.74, 6) is 0.248. The van der Waals surface area contributed by atoms with Gasteiger partial charge in [0.1, 0.15) is 5.69 Å². The maximum atomic E-state index is 13.9. The number of benzene rings is 2. The quantitative estimate of drug-likeness (QED) is 0.517. The lowest BCUT2D eigenvalue weighted by Crippen LogP contribution is -2.23. The van der Waals surface area contributed by atoms with Crippen molar-refractivity contribution in [2.45, 2.75) is 13.5 Å². The predicted molar refractivity (Wildman–Crippen MR) is 104 cm³/mol. The second-order valence-corrected chi connectivity index (χ2v) is 6.47. The molecule has 0 saturated heterocycles. The lowest BCUT2D eigenvalue weighted by molar-refractivity contribution is 0.386. The van der Waals surface area contributed by atoms with Gasteiger partial charge < -0.3 is 9.26 Å². The fraction of sp³-hybridized carbons (Fsp3) is 0.143. The molecule has 0 atom stereocenters. The van der Waals surface area contributed by atoms with Crippen LogP contribution in [-0.2, 0) is 6.54 Å². The second kappa shape index (κ2) is 7.67. The Bertz CT molecular complexity index is 1220. The van der Waals surface area contributed by atoms with Crippen LogP contribution in [0.3, 0.4) is 0 Å². The Morgan fingerprint density at radius 3 is 2.62 bits per heavy atom. The van der Waals surface area contributed by atoms with Crippen molar-refractivity contribution >= 4 is 0 Å². The van der Waals surface area contributed by atoms with E-state index in [0.29, 0.717) is 17.1 Å². The zero-order chi connectivity index (χ0) is 20.4. The molecule has 0 aliphatic carbocycles. The van der Waals surface area contributed by atoms with Crippen molar-refractivity contribution in [2.75, 3.05) is 7.11 Å². The number of halogens is 1. The van der Waals surface area contributed by atoms with Gasteiger partial charge in [-0.2, -0.15) is 10.1 Å². The first-order valence-electron chi connectivity index (χ1n) is 8.85. The van der Waals surface area contributed by atoms with E-state index < -0.39 is 5.82 Å². The van der Waals surface area contributed by atoms with Crippen LogP contribution in [0.15, 0.2) is 63.9 Å². The summed E-state index contributed by atoms with van der Waals surface area (Å²) < 4.78 is 25.4. The highest BCUT2D eigenvalue weighted by molar-refractivity contribution is 5.57. The molecule has 4 aromatic rings. The van der Waals surface area contributed by atoms with Crippen LogP contribution < -0.4 is 10.3 Å². The lowest BCUT2D eigenvalue weighted by atomic mass is 10.1. The van der Waals surface area contributed by atoms with Gasteiger partial charge in [0.05, 0.1) is 13.7 Å². The van der Waals surface area contributed by atoms with E-state index in [-0.39, 0.29) is 23.7 Å². The van der Waals surface area contributed by atoms with Gasteiger partial charge in [0, 0.05) is 11.6 Å². The number of aryl methyl sites for hydroxylation is 1. The third kappa shape index (κ3) is 3.91. The number of nitrogens with zero attached hydrogens (tertiary/aromatic N) is 4. The van der Waals surface area contributed by atoms with Gasteiger partial charge in [-0.1, -0.05) is 41.1 Å². The predicted octanol–water partition coefficient (Wildman–Crippen LogP) is 3.46. The van der Waals surface area contributed by atoms with E-state index >= 15 is 0 Å². The molecule has 2 heterocycles. The van der Waals surface area contributed by atoms with Gasteiger partial charge >= 0.3 is 0 Å². The lowest BCUT2D eigenvalue weighted by Gasteiger charge is -2.07. The van der Waals surface area contributed by atoms with Gasteiger partial charge in [0.2, 0.25) is 5.82 Å². The van der Waals surface area contributed by atoms with Crippen molar-refractivity contribution in [3.05, 3.63) is 81.9 Å². The highest BCUT2D eigenvalue weighted by Gasteiger charge is 2.14. The van der Waals surface area contributed by atoms with E-state index in [1.807, 2.05) is 31.2 Å². The normalized spacial score (nSPS) is 10.9. The fourth-order valence-electron chi connectivity index (χ4n) is 2.80. The molecule has 7 nitrogen and oxygen atoms in total. The first-order chi connectivity index (χ1) is 14.0. The molecule has 0 saturated carbocycles. The smallest absolute Gasteiger partial charge is 0.278 e. The summed E-state index contributed by atoms with van der Waals surface area (Å²) in [6.45, 7) is 2.08. The number of methoxy groups -OCH3 is 1. The van der Waals surface area contributed by atoms with Gasteiger partial charge in [0.15, 0.2) is 11.6 Å². The molecule has 0 aliphatic heterocycles. The molecule has 0 bridgehead atoms. The van der Waals surface area contributed by atoms with Crippen molar-refractivity contribution in [3.63, 3.8) is 0 Å². The first kappa shape index (κ1) is 18.5. The Kier molecular flexibility index (Phi) is 4.90. The molecule has 8 heteroatoms. The number of rotatable bonds is 5. The van der Waals surface area contributed by atoms with Crippen LogP contribution in [0.1, 0.15) is 11.1 Å². The summed E-state index contributed by atoms with van der Waals surface area (Å²) in [5.41, 5.74) is 2.53. The maximum Gasteiger partial charge on any atom is 0.278 e. The number of ether oxygens (including phenoxy) is 1. The zero-order valence-corrected chi connectivity index (χ0v) is 15.8. The molecular weight excluding hydrogens is 375 g/mol. The molecule has 0 radical (unpaired) electrons. The van der Waals surface area contributed by atoms with Crippen LogP contribution >= 0.6 is 0 Å². The molecule has 0 N–H and O–H groups in total. The number of hydrogen-bond donors (Lipinski definition) is 0. The van der Waals surface area contributed by atoms with Crippen LogP contribution in [0.5, 0.6) is 5.75 Å². The number of aromatic nitrogens is 4. The van der Waals surface area contributed by atoms with Crippen molar-refractivity contribution in [1.29, 1.82) is 0 Å². The van der Waals surface area contributed by atoms with E-state index in [0.717, 1.165) is 11.1 Å². The third-order valence-corrected chi connectivity index (χ3v) is 4.37. The van der Waals surface area contributed by atoms with E-state index in [1.54, 1.807) is 6.07 Å². The minimum atomic E-state index is -0.506. The molecule has 146 valence electrons. The van der Waals surface area contributed by atoms with Crippen molar-refractivity contribution < 1.29 is 13.7 Å². The maximum absolute atomic E-state index is 13.9. The van der Waals surface area contributed by atoms with Crippen LogP contribution in [-0.4, -0.2) is 27.0 Å². The van der Waals surface area contributed by atoms with E-state index in [2.05, 4.69) is 15.2 Å². The second-order valence-electron chi connectivity index (χ2n) is 6.47. The molecular formula is C21H17FN4O3. The van der Waals surface area contributed by atoms with Gasteiger partial charge in [-0.25, -0.2) is 9.07 Å². The fourth-order valence-corrected chi connectivity index (χ4v) is 2.80. The molecule has 0 aliphatic rings. The van der Waals surface area contributed by atoms with Crippen molar-refractivity contribution in [3.8, 4) is 28.7 Å². The topological polar surface area (TPSA) is 83.0 Å². The molecule has 0 spiro atoms. The summed E-state index contributed by atoms with van der Waals surface area (Å²) in [5, 5.41) is 8.27. The van der Waals surface area contributed by atoms with E-state index in [9.17, 15) is 9.18 Å². The van der Waals surface area contributed by atoms with E-state index in [1.165, 1.54) is 36.1 Å². The van der Waals surface area contributed by atoms with Crippen LogP contribution in [0.25, 0.3) is 23.0 Å².